The van der Waals surface area contributed by atoms with Gasteiger partial charge in [-0.15, -0.1) is 0 Å². The number of anilines is 3. The standard InChI is InChI=1S/C24H27N9O2/c1-15-12-22(31-30-15)28-21-13-16(8-9-23(34)25-2)27-24(29-21)33-11-5-7-19(33)20-14-18(32-35-20)17-6-3-4-10-26-17/h3-4,6,10,12-14,19H,5,7-9,11H2,1-2H3,(H,25,34)(H2,27,28,29,30,31). The zero-order chi connectivity index (χ0) is 24.2. The summed E-state index contributed by atoms with van der Waals surface area (Å²) in [6, 6.07) is 11.3. The normalized spacial score (nSPS) is 15.4. The molecule has 0 saturated carbocycles. The van der Waals surface area contributed by atoms with Crippen molar-refractivity contribution in [2.75, 3.05) is 23.8 Å². The van der Waals surface area contributed by atoms with Gasteiger partial charge in [-0.1, -0.05) is 11.2 Å². The van der Waals surface area contributed by atoms with E-state index in [0.29, 0.717) is 36.1 Å². The number of aryl methyl sites for hydroxylation is 2. The molecule has 0 bridgehead atoms. The lowest BCUT2D eigenvalue weighted by Gasteiger charge is -2.23. The predicted molar refractivity (Wildman–Crippen MR) is 130 cm³/mol. The fourth-order valence-electron chi connectivity index (χ4n) is 4.17. The van der Waals surface area contributed by atoms with Crippen molar-refractivity contribution in [3.63, 3.8) is 0 Å². The van der Waals surface area contributed by atoms with Crippen LogP contribution in [0.2, 0.25) is 0 Å². The van der Waals surface area contributed by atoms with Crippen LogP contribution in [0.3, 0.4) is 0 Å². The van der Waals surface area contributed by atoms with Gasteiger partial charge in [0.2, 0.25) is 11.9 Å². The number of carbonyl (C=O) groups is 1. The van der Waals surface area contributed by atoms with Gasteiger partial charge in [0, 0.05) is 55.8 Å². The zero-order valence-electron chi connectivity index (χ0n) is 19.7. The van der Waals surface area contributed by atoms with Gasteiger partial charge in [-0.2, -0.15) is 10.1 Å². The molecule has 4 aromatic rings. The summed E-state index contributed by atoms with van der Waals surface area (Å²) in [5, 5.41) is 17.3. The number of carbonyl (C=O) groups excluding carboxylic acids is 1. The van der Waals surface area contributed by atoms with Gasteiger partial charge in [0.05, 0.1) is 11.7 Å². The van der Waals surface area contributed by atoms with E-state index in [2.05, 4.69) is 35.9 Å². The van der Waals surface area contributed by atoms with E-state index in [0.717, 1.165) is 42.2 Å². The van der Waals surface area contributed by atoms with Crippen LogP contribution in [-0.4, -0.2) is 49.8 Å². The first kappa shape index (κ1) is 22.5. The van der Waals surface area contributed by atoms with E-state index in [1.54, 1.807) is 13.2 Å². The third kappa shape index (κ3) is 5.13. The summed E-state index contributed by atoms with van der Waals surface area (Å²) in [6.45, 7) is 2.72. The summed E-state index contributed by atoms with van der Waals surface area (Å²) in [7, 11) is 1.63. The van der Waals surface area contributed by atoms with Gasteiger partial charge in [0.1, 0.15) is 11.5 Å². The third-order valence-corrected chi connectivity index (χ3v) is 5.91. The molecule has 4 aromatic heterocycles. The van der Waals surface area contributed by atoms with Crippen molar-refractivity contribution in [1.82, 2.24) is 35.6 Å². The molecule has 0 spiro atoms. The first-order valence-electron chi connectivity index (χ1n) is 11.6. The van der Waals surface area contributed by atoms with Gasteiger partial charge in [-0.3, -0.25) is 14.9 Å². The molecule has 0 aromatic carbocycles. The van der Waals surface area contributed by atoms with Gasteiger partial charge in [0.25, 0.3) is 0 Å². The minimum absolute atomic E-state index is 0.0367. The summed E-state index contributed by atoms with van der Waals surface area (Å²) in [4.78, 5) is 27.9. The van der Waals surface area contributed by atoms with Crippen LogP contribution in [0.4, 0.5) is 17.6 Å². The minimum Gasteiger partial charge on any atom is -0.359 e. The molecule has 0 radical (unpaired) electrons. The van der Waals surface area contributed by atoms with E-state index < -0.39 is 0 Å². The van der Waals surface area contributed by atoms with Crippen molar-refractivity contribution in [1.29, 1.82) is 0 Å². The molecule has 180 valence electrons. The average Bonchev–Trinajstić information content (AvgIpc) is 3.64. The van der Waals surface area contributed by atoms with Gasteiger partial charge < -0.3 is 20.1 Å². The Balaban J connectivity index is 1.44. The van der Waals surface area contributed by atoms with Gasteiger partial charge in [-0.25, -0.2) is 4.98 Å². The number of aromatic nitrogens is 6. The highest BCUT2D eigenvalue weighted by Crippen LogP contribution is 2.36. The number of amides is 1. The van der Waals surface area contributed by atoms with E-state index in [-0.39, 0.29) is 11.9 Å². The van der Waals surface area contributed by atoms with Gasteiger partial charge in [0.15, 0.2) is 11.6 Å². The van der Waals surface area contributed by atoms with Crippen LogP contribution < -0.4 is 15.5 Å². The molecular formula is C24H27N9O2. The van der Waals surface area contributed by atoms with Crippen LogP contribution in [-0.2, 0) is 11.2 Å². The maximum Gasteiger partial charge on any atom is 0.228 e. The number of nitrogens with zero attached hydrogens (tertiary/aromatic N) is 6. The molecule has 1 saturated heterocycles. The van der Waals surface area contributed by atoms with Crippen molar-refractivity contribution in [3.8, 4) is 11.4 Å². The molecule has 0 aliphatic carbocycles. The number of aromatic amines is 1. The lowest BCUT2D eigenvalue weighted by atomic mass is 10.1. The molecule has 1 aliphatic heterocycles. The Morgan fingerprint density at radius 3 is 2.89 bits per heavy atom. The summed E-state index contributed by atoms with van der Waals surface area (Å²) in [6.07, 6.45) is 4.43. The third-order valence-electron chi connectivity index (χ3n) is 5.91. The molecule has 35 heavy (non-hydrogen) atoms. The second-order valence-corrected chi connectivity index (χ2v) is 8.46. The Labute approximate surface area is 202 Å². The fourth-order valence-corrected chi connectivity index (χ4v) is 4.17. The Bertz CT molecular complexity index is 1300. The minimum atomic E-state index is -0.0466. The van der Waals surface area contributed by atoms with Gasteiger partial charge >= 0.3 is 0 Å². The van der Waals surface area contributed by atoms with E-state index >= 15 is 0 Å². The molecule has 1 aliphatic rings. The predicted octanol–water partition coefficient (Wildman–Crippen LogP) is 3.32. The maximum absolute atomic E-state index is 11.8. The van der Waals surface area contributed by atoms with Crippen LogP contribution >= 0.6 is 0 Å². The van der Waals surface area contributed by atoms with E-state index in [1.807, 2.05) is 43.3 Å². The molecule has 5 heterocycles. The van der Waals surface area contributed by atoms with Crippen LogP contribution in [0.1, 0.15) is 42.5 Å². The van der Waals surface area contributed by atoms with Crippen LogP contribution in [0.15, 0.2) is 47.1 Å². The Kier molecular flexibility index (Phi) is 6.38. The number of H-pyrrole nitrogens is 1. The second kappa shape index (κ2) is 9.92. The van der Waals surface area contributed by atoms with Crippen molar-refractivity contribution >= 4 is 23.5 Å². The smallest absolute Gasteiger partial charge is 0.228 e. The van der Waals surface area contributed by atoms with Crippen molar-refractivity contribution in [2.24, 2.45) is 0 Å². The Hall–Kier alpha value is -4.28. The first-order chi connectivity index (χ1) is 17.1. The number of hydrogen-bond acceptors (Lipinski definition) is 9. The average molecular weight is 474 g/mol. The number of pyridine rings is 1. The second-order valence-electron chi connectivity index (χ2n) is 8.46. The molecule has 11 heteroatoms. The van der Waals surface area contributed by atoms with Crippen LogP contribution in [0.25, 0.3) is 11.4 Å². The van der Waals surface area contributed by atoms with Crippen LogP contribution in [0.5, 0.6) is 0 Å². The zero-order valence-corrected chi connectivity index (χ0v) is 19.7. The molecule has 5 rings (SSSR count). The van der Waals surface area contributed by atoms with E-state index in [9.17, 15) is 4.79 Å². The van der Waals surface area contributed by atoms with Crippen molar-refractivity contribution in [3.05, 3.63) is 59.7 Å². The number of rotatable bonds is 8. The fraction of sp³-hybridized carbons (Fsp3) is 0.333. The number of hydrogen-bond donors (Lipinski definition) is 3. The SMILES string of the molecule is CNC(=O)CCc1cc(Nc2cc(C)[nH]n2)nc(N2CCCC2c2cc(-c3ccccn3)no2)n1. The monoisotopic (exact) mass is 473 g/mol. The molecule has 1 atom stereocenters. The van der Waals surface area contributed by atoms with Gasteiger partial charge in [-0.05, 0) is 38.3 Å². The molecule has 1 amide bonds. The van der Waals surface area contributed by atoms with E-state index in [1.165, 1.54) is 0 Å². The highest BCUT2D eigenvalue weighted by molar-refractivity contribution is 5.75. The van der Waals surface area contributed by atoms with Crippen LogP contribution in [0, 0.1) is 6.92 Å². The quantitative estimate of drug-likeness (QED) is 0.352. The Morgan fingerprint density at radius 1 is 1.20 bits per heavy atom. The highest BCUT2D eigenvalue weighted by atomic mass is 16.5. The van der Waals surface area contributed by atoms with E-state index in [4.69, 9.17) is 14.5 Å². The lowest BCUT2D eigenvalue weighted by Crippen LogP contribution is -2.25. The summed E-state index contributed by atoms with van der Waals surface area (Å²) in [5.41, 5.74) is 3.17. The summed E-state index contributed by atoms with van der Waals surface area (Å²) in [5.74, 6) is 2.57. The van der Waals surface area contributed by atoms with Crippen molar-refractivity contribution in [2.45, 2.75) is 38.6 Å². The molecule has 11 nitrogen and oxygen atoms in total. The summed E-state index contributed by atoms with van der Waals surface area (Å²) >= 11 is 0. The highest BCUT2D eigenvalue weighted by Gasteiger charge is 2.32. The maximum atomic E-state index is 11.8. The molecular weight excluding hydrogens is 446 g/mol. The first-order valence-corrected chi connectivity index (χ1v) is 11.6. The Morgan fingerprint density at radius 2 is 2.11 bits per heavy atom. The largest absolute Gasteiger partial charge is 0.359 e. The molecule has 3 N–H and O–H groups in total. The van der Waals surface area contributed by atoms with Crippen molar-refractivity contribution < 1.29 is 9.32 Å². The topological polar surface area (TPSA) is 138 Å². The molecule has 1 unspecified atom stereocenters. The lowest BCUT2D eigenvalue weighted by molar-refractivity contribution is -0.120. The summed E-state index contributed by atoms with van der Waals surface area (Å²) < 4.78 is 5.74. The number of nitrogens with one attached hydrogen (secondary N) is 3. The molecule has 1 fully saturated rings.